The molecular formula is C28H38N2. The maximum atomic E-state index is 4.23. The second kappa shape index (κ2) is 10.2. The molecule has 0 amide bonds. The summed E-state index contributed by atoms with van der Waals surface area (Å²) in [5, 5.41) is 7.95. The first-order valence-corrected chi connectivity index (χ1v) is 11.3. The van der Waals surface area contributed by atoms with Crippen LogP contribution in [0.3, 0.4) is 0 Å². The van der Waals surface area contributed by atoms with Gasteiger partial charge < -0.3 is 10.6 Å². The predicted molar refractivity (Wildman–Crippen MR) is 129 cm³/mol. The second-order valence-electron chi connectivity index (χ2n) is 8.99. The maximum Gasteiger partial charge on any atom is 0.0298 e. The van der Waals surface area contributed by atoms with Gasteiger partial charge in [-0.2, -0.15) is 0 Å². The quantitative estimate of drug-likeness (QED) is 0.505. The number of rotatable bonds is 8. The molecule has 2 nitrogen and oxygen atoms in total. The fourth-order valence-corrected chi connectivity index (χ4v) is 5.24. The first-order valence-electron chi connectivity index (χ1n) is 11.3. The Balaban J connectivity index is 1.91. The van der Waals surface area contributed by atoms with Crippen LogP contribution in [0.2, 0.25) is 0 Å². The molecule has 30 heavy (non-hydrogen) atoms. The molecule has 2 aromatic carbocycles. The van der Waals surface area contributed by atoms with Crippen LogP contribution >= 0.6 is 0 Å². The van der Waals surface area contributed by atoms with Gasteiger partial charge in [0.1, 0.15) is 0 Å². The topological polar surface area (TPSA) is 24.1 Å². The summed E-state index contributed by atoms with van der Waals surface area (Å²) in [5.41, 5.74) is 2.63. The standard InChI is InChI=1S/C28H38N2/c1-7-25-19(3)20(4)26(8-2)28(30-22(6)24-17-13-10-14-18-24)27(25)29-21(5)23-15-11-9-12-16-23/h7-22,25-30H,1-2H2,3-6H3/t19-,20-,21+,22+,25-,26-,27-,28-/m1/s1. The van der Waals surface area contributed by atoms with Crippen LogP contribution in [0.25, 0.3) is 0 Å². The summed E-state index contributed by atoms with van der Waals surface area (Å²) in [6.45, 7) is 17.7. The molecule has 0 radical (unpaired) electrons. The third-order valence-corrected chi connectivity index (χ3v) is 7.29. The fraction of sp³-hybridized carbons (Fsp3) is 0.429. The minimum Gasteiger partial charge on any atom is -0.305 e. The van der Waals surface area contributed by atoms with Crippen LogP contribution in [0.4, 0.5) is 0 Å². The molecule has 0 aliphatic heterocycles. The molecule has 0 bridgehead atoms. The van der Waals surface area contributed by atoms with Gasteiger partial charge in [-0.05, 0) is 48.6 Å². The molecule has 2 heteroatoms. The summed E-state index contributed by atoms with van der Waals surface area (Å²) < 4.78 is 0. The number of hydrogen-bond donors (Lipinski definition) is 2. The summed E-state index contributed by atoms with van der Waals surface area (Å²) >= 11 is 0. The molecule has 1 fully saturated rings. The van der Waals surface area contributed by atoms with Gasteiger partial charge in [0.05, 0.1) is 0 Å². The van der Waals surface area contributed by atoms with Crippen molar-refractivity contribution in [3.63, 3.8) is 0 Å². The zero-order valence-corrected chi connectivity index (χ0v) is 19.0. The summed E-state index contributed by atoms with van der Waals surface area (Å²) in [5.74, 6) is 1.86. The van der Waals surface area contributed by atoms with Gasteiger partial charge in [0.25, 0.3) is 0 Å². The van der Waals surface area contributed by atoms with Crippen LogP contribution in [0.1, 0.15) is 50.9 Å². The highest BCUT2D eigenvalue weighted by Gasteiger charge is 2.45. The van der Waals surface area contributed by atoms with E-state index in [9.17, 15) is 0 Å². The lowest BCUT2D eigenvalue weighted by atomic mass is 9.62. The molecule has 0 aromatic heterocycles. The summed E-state index contributed by atoms with van der Waals surface area (Å²) in [6, 6.07) is 22.5. The minimum atomic E-state index is 0.265. The molecule has 2 N–H and O–H groups in total. The number of benzene rings is 2. The Labute approximate surface area is 183 Å². The fourth-order valence-electron chi connectivity index (χ4n) is 5.24. The highest BCUT2D eigenvalue weighted by Crippen LogP contribution is 2.41. The largest absolute Gasteiger partial charge is 0.305 e. The van der Waals surface area contributed by atoms with E-state index in [0.717, 1.165) is 0 Å². The molecular weight excluding hydrogens is 364 g/mol. The van der Waals surface area contributed by atoms with Crippen molar-refractivity contribution in [1.82, 2.24) is 10.6 Å². The van der Waals surface area contributed by atoms with Gasteiger partial charge >= 0.3 is 0 Å². The summed E-state index contributed by atoms with van der Waals surface area (Å²) in [6.07, 6.45) is 4.33. The second-order valence-corrected chi connectivity index (χ2v) is 8.99. The SMILES string of the molecule is C=C[C@@H]1[C@H](C)[C@@H](C)[C@@H](C=C)[C@@H](N[C@@H](C)c2ccccc2)[C@@H]1N[C@@H](C)c1ccccc1. The van der Waals surface area contributed by atoms with Gasteiger partial charge in [-0.1, -0.05) is 86.7 Å². The molecule has 0 spiro atoms. The van der Waals surface area contributed by atoms with Gasteiger partial charge in [0, 0.05) is 24.2 Å². The molecule has 8 atom stereocenters. The summed E-state index contributed by atoms with van der Waals surface area (Å²) in [7, 11) is 0. The Kier molecular flexibility index (Phi) is 7.69. The average Bonchev–Trinajstić information content (AvgIpc) is 2.78. The van der Waals surface area contributed by atoms with E-state index >= 15 is 0 Å². The smallest absolute Gasteiger partial charge is 0.0298 e. The van der Waals surface area contributed by atoms with Crippen LogP contribution in [-0.2, 0) is 0 Å². The Morgan fingerprint density at radius 2 is 1.00 bits per heavy atom. The highest BCUT2D eigenvalue weighted by molar-refractivity contribution is 5.22. The Morgan fingerprint density at radius 1 is 0.667 bits per heavy atom. The third kappa shape index (κ3) is 4.77. The van der Waals surface area contributed by atoms with E-state index < -0.39 is 0 Å². The van der Waals surface area contributed by atoms with E-state index in [0.29, 0.717) is 23.7 Å². The van der Waals surface area contributed by atoms with Crippen molar-refractivity contribution < 1.29 is 0 Å². The minimum absolute atomic E-state index is 0.265. The van der Waals surface area contributed by atoms with Crippen molar-refractivity contribution in [1.29, 1.82) is 0 Å². The summed E-state index contributed by atoms with van der Waals surface area (Å²) in [4.78, 5) is 0. The maximum absolute atomic E-state index is 4.23. The molecule has 0 unspecified atom stereocenters. The average molecular weight is 403 g/mol. The third-order valence-electron chi connectivity index (χ3n) is 7.29. The first kappa shape index (κ1) is 22.5. The molecule has 0 saturated heterocycles. The van der Waals surface area contributed by atoms with Crippen molar-refractivity contribution in [2.24, 2.45) is 23.7 Å². The number of nitrogens with one attached hydrogen (secondary N) is 2. The van der Waals surface area contributed by atoms with Gasteiger partial charge in [0.15, 0.2) is 0 Å². The zero-order valence-electron chi connectivity index (χ0n) is 19.0. The van der Waals surface area contributed by atoms with Crippen LogP contribution in [0.5, 0.6) is 0 Å². The van der Waals surface area contributed by atoms with Crippen LogP contribution in [-0.4, -0.2) is 12.1 Å². The Bertz CT molecular complexity index is 730. The Hall–Kier alpha value is -2.16. The van der Waals surface area contributed by atoms with Crippen molar-refractivity contribution >= 4 is 0 Å². The van der Waals surface area contributed by atoms with E-state index in [1.807, 2.05) is 0 Å². The number of hydrogen-bond acceptors (Lipinski definition) is 2. The van der Waals surface area contributed by atoms with E-state index in [4.69, 9.17) is 0 Å². The van der Waals surface area contributed by atoms with E-state index in [-0.39, 0.29) is 24.2 Å². The normalized spacial score (nSPS) is 30.9. The lowest BCUT2D eigenvalue weighted by molar-refractivity contribution is 0.0764. The molecule has 160 valence electrons. The van der Waals surface area contributed by atoms with Crippen molar-refractivity contribution in [2.45, 2.75) is 51.9 Å². The monoisotopic (exact) mass is 402 g/mol. The molecule has 2 aromatic rings. The molecule has 1 saturated carbocycles. The molecule has 3 rings (SSSR count). The highest BCUT2D eigenvalue weighted by atomic mass is 15.1. The Morgan fingerprint density at radius 3 is 1.30 bits per heavy atom. The van der Waals surface area contributed by atoms with Gasteiger partial charge in [-0.15, -0.1) is 13.2 Å². The van der Waals surface area contributed by atoms with Crippen molar-refractivity contribution in [2.75, 3.05) is 0 Å². The van der Waals surface area contributed by atoms with Crippen LogP contribution < -0.4 is 10.6 Å². The lowest BCUT2D eigenvalue weighted by Gasteiger charge is -2.51. The van der Waals surface area contributed by atoms with Crippen LogP contribution in [0.15, 0.2) is 86.0 Å². The molecule has 1 aliphatic carbocycles. The van der Waals surface area contributed by atoms with E-state index in [2.05, 4.69) is 124 Å². The first-order chi connectivity index (χ1) is 14.5. The lowest BCUT2D eigenvalue weighted by Crippen LogP contribution is -2.62. The van der Waals surface area contributed by atoms with Gasteiger partial charge in [-0.3, -0.25) is 0 Å². The van der Waals surface area contributed by atoms with E-state index in [1.165, 1.54) is 11.1 Å². The van der Waals surface area contributed by atoms with E-state index in [1.54, 1.807) is 0 Å². The predicted octanol–water partition coefficient (Wildman–Crippen LogP) is 6.32. The van der Waals surface area contributed by atoms with Crippen molar-refractivity contribution in [3.05, 3.63) is 97.1 Å². The zero-order chi connectivity index (χ0) is 21.7. The van der Waals surface area contributed by atoms with Crippen molar-refractivity contribution in [3.8, 4) is 0 Å². The molecule has 0 heterocycles. The van der Waals surface area contributed by atoms with Gasteiger partial charge in [0.2, 0.25) is 0 Å². The molecule has 1 aliphatic rings. The van der Waals surface area contributed by atoms with Crippen LogP contribution in [0, 0.1) is 23.7 Å². The van der Waals surface area contributed by atoms with Gasteiger partial charge in [-0.25, -0.2) is 0 Å².